The number of benzene rings is 2. The molecular formula is C15H14BrFOS. The molecule has 2 aromatic carbocycles. The van der Waals surface area contributed by atoms with Crippen LogP contribution in [0.4, 0.5) is 4.39 Å². The molecule has 2 aromatic rings. The minimum Gasteiger partial charge on any atom is -0.494 e. The number of rotatable bonds is 4. The fraction of sp³-hybridized carbons (Fsp3) is 0.200. The van der Waals surface area contributed by atoms with Gasteiger partial charge in [0.15, 0.2) is 11.6 Å². The largest absolute Gasteiger partial charge is 0.494 e. The third kappa shape index (κ3) is 3.12. The van der Waals surface area contributed by atoms with Gasteiger partial charge in [0, 0.05) is 4.90 Å². The average molecular weight is 341 g/mol. The smallest absolute Gasteiger partial charge is 0.165 e. The molecule has 100 valence electrons. The lowest BCUT2D eigenvalue weighted by Crippen LogP contribution is -1.97. The monoisotopic (exact) mass is 340 g/mol. The van der Waals surface area contributed by atoms with Crippen LogP contribution < -0.4 is 4.74 Å². The minimum atomic E-state index is -0.342. The number of methoxy groups -OCH3 is 1. The number of thioether (sulfide) groups is 1. The van der Waals surface area contributed by atoms with E-state index in [1.54, 1.807) is 17.8 Å². The third-order valence-corrected chi connectivity index (χ3v) is 4.71. The number of halogens is 2. The molecule has 0 heterocycles. The molecule has 0 amide bonds. The highest BCUT2D eigenvalue weighted by Crippen LogP contribution is 2.37. The van der Waals surface area contributed by atoms with Gasteiger partial charge in [-0.25, -0.2) is 4.39 Å². The summed E-state index contributed by atoms with van der Waals surface area (Å²) in [4.78, 5) is 1.15. The first-order chi connectivity index (χ1) is 9.17. The Hall–Kier alpha value is -1.00. The number of hydrogen-bond donors (Lipinski definition) is 0. The van der Waals surface area contributed by atoms with Crippen LogP contribution in [0.2, 0.25) is 0 Å². The molecule has 0 aliphatic heterocycles. The van der Waals surface area contributed by atoms with E-state index in [1.165, 1.54) is 18.1 Å². The topological polar surface area (TPSA) is 9.23 Å². The predicted molar refractivity (Wildman–Crippen MR) is 81.9 cm³/mol. The average Bonchev–Trinajstić information content (AvgIpc) is 2.46. The highest BCUT2D eigenvalue weighted by atomic mass is 79.9. The van der Waals surface area contributed by atoms with Gasteiger partial charge in [0.1, 0.15) is 0 Å². The quantitative estimate of drug-likeness (QED) is 0.569. The number of alkyl halides is 1. The van der Waals surface area contributed by atoms with Crippen molar-refractivity contribution in [1.29, 1.82) is 0 Å². The van der Waals surface area contributed by atoms with Crippen molar-refractivity contribution in [2.75, 3.05) is 13.4 Å². The standard InChI is InChI=1S/C15H14BrFOS/c1-18-13-8-7-10(9-12(13)17)15(16)11-5-3-4-6-14(11)19-2/h3-9,15H,1-2H3. The summed E-state index contributed by atoms with van der Waals surface area (Å²) in [5.74, 6) is -0.0762. The fourth-order valence-electron chi connectivity index (χ4n) is 1.90. The maximum absolute atomic E-state index is 13.8. The molecule has 0 radical (unpaired) electrons. The summed E-state index contributed by atoms with van der Waals surface area (Å²) in [5.41, 5.74) is 2.01. The molecule has 4 heteroatoms. The maximum Gasteiger partial charge on any atom is 0.165 e. The summed E-state index contributed by atoms with van der Waals surface area (Å²) >= 11 is 5.33. The highest BCUT2D eigenvalue weighted by Gasteiger charge is 2.15. The Morgan fingerprint density at radius 3 is 2.58 bits per heavy atom. The number of ether oxygens (including phenoxy) is 1. The highest BCUT2D eigenvalue weighted by molar-refractivity contribution is 9.09. The van der Waals surface area contributed by atoms with Crippen molar-refractivity contribution in [3.05, 3.63) is 59.4 Å². The summed E-state index contributed by atoms with van der Waals surface area (Å²) < 4.78 is 18.7. The van der Waals surface area contributed by atoms with E-state index in [9.17, 15) is 4.39 Å². The van der Waals surface area contributed by atoms with E-state index in [-0.39, 0.29) is 16.4 Å². The van der Waals surface area contributed by atoms with Crippen LogP contribution in [0.5, 0.6) is 5.75 Å². The van der Waals surface area contributed by atoms with Gasteiger partial charge in [0.25, 0.3) is 0 Å². The van der Waals surface area contributed by atoms with Crippen LogP contribution in [0, 0.1) is 5.82 Å². The first-order valence-electron chi connectivity index (χ1n) is 5.77. The van der Waals surface area contributed by atoms with E-state index in [2.05, 4.69) is 22.0 Å². The van der Waals surface area contributed by atoms with Gasteiger partial charge in [-0.3, -0.25) is 0 Å². The zero-order valence-corrected chi connectivity index (χ0v) is 13.1. The minimum absolute atomic E-state index is 0.0310. The van der Waals surface area contributed by atoms with E-state index >= 15 is 0 Å². The van der Waals surface area contributed by atoms with Crippen molar-refractivity contribution in [2.45, 2.75) is 9.72 Å². The normalized spacial score (nSPS) is 12.2. The van der Waals surface area contributed by atoms with E-state index in [0.29, 0.717) is 0 Å². The van der Waals surface area contributed by atoms with Crippen LogP contribution in [0.3, 0.4) is 0 Å². The van der Waals surface area contributed by atoms with E-state index in [4.69, 9.17) is 4.74 Å². The third-order valence-electron chi connectivity index (χ3n) is 2.88. The van der Waals surface area contributed by atoms with Crippen LogP contribution in [0.25, 0.3) is 0 Å². The van der Waals surface area contributed by atoms with Crippen LogP contribution >= 0.6 is 27.7 Å². The number of hydrogen-bond acceptors (Lipinski definition) is 2. The second kappa shape index (κ2) is 6.44. The molecule has 0 saturated heterocycles. The molecule has 2 rings (SSSR count). The van der Waals surface area contributed by atoms with Crippen molar-refractivity contribution in [2.24, 2.45) is 0 Å². The van der Waals surface area contributed by atoms with Crippen molar-refractivity contribution in [3.8, 4) is 5.75 Å². The van der Waals surface area contributed by atoms with Gasteiger partial charge < -0.3 is 4.74 Å². The molecule has 0 aliphatic carbocycles. The Bertz CT molecular complexity index is 574. The summed E-state index contributed by atoms with van der Waals surface area (Å²) in [5, 5.41) is 0. The predicted octanol–water partition coefficient (Wildman–Crippen LogP) is 5.04. The van der Waals surface area contributed by atoms with Gasteiger partial charge in [0.2, 0.25) is 0 Å². The van der Waals surface area contributed by atoms with Gasteiger partial charge in [-0.1, -0.05) is 40.2 Å². The Kier molecular flexibility index (Phi) is 4.88. The van der Waals surface area contributed by atoms with Crippen molar-refractivity contribution in [1.82, 2.24) is 0 Å². The van der Waals surface area contributed by atoms with Crippen LogP contribution in [-0.4, -0.2) is 13.4 Å². The van der Waals surface area contributed by atoms with Gasteiger partial charge in [-0.15, -0.1) is 11.8 Å². The van der Waals surface area contributed by atoms with Gasteiger partial charge >= 0.3 is 0 Å². The zero-order valence-electron chi connectivity index (χ0n) is 10.7. The zero-order chi connectivity index (χ0) is 13.8. The lowest BCUT2D eigenvalue weighted by atomic mass is 10.0. The van der Waals surface area contributed by atoms with Crippen LogP contribution in [0.15, 0.2) is 47.4 Å². The van der Waals surface area contributed by atoms with Crippen LogP contribution in [0.1, 0.15) is 16.0 Å². The Morgan fingerprint density at radius 2 is 1.95 bits per heavy atom. The summed E-state index contributed by atoms with van der Waals surface area (Å²) in [6, 6.07) is 13.1. The van der Waals surface area contributed by atoms with Crippen molar-refractivity contribution in [3.63, 3.8) is 0 Å². The van der Waals surface area contributed by atoms with E-state index in [1.807, 2.05) is 30.5 Å². The molecular weight excluding hydrogens is 327 g/mol. The first-order valence-corrected chi connectivity index (χ1v) is 7.92. The van der Waals surface area contributed by atoms with E-state index < -0.39 is 0 Å². The Morgan fingerprint density at radius 1 is 1.21 bits per heavy atom. The second-order valence-corrected chi connectivity index (χ2v) is 5.76. The Labute approximate surface area is 125 Å². The molecule has 19 heavy (non-hydrogen) atoms. The van der Waals surface area contributed by atoms with Crippen molar-refractivity contribution >= 4 is 27.7 Å². The second-order valence-electron chi connectivity index (χ2n) is 4.00. The van der Waals surface area contributed by atoms with E-state index in [0.717, 1.165) is 11.1 Å². The maximum atomic E-state index is 13.8. The molecule has 1 nitrogen and oxygen atoms in total. The van der Waals surface area contributed by atoms with Crippen LogP contribution in [-0.2, 0) is 0 Å². The molecule has 0 N–H and O–H groups in total. The van der Waals surface area contributed by atoms with Gasteiger partial charge in [-0.05, 0) is 35.6 Å². The summed E-state index contributed by atoms with van der Waals surface area (Å²) in [6.07, 6.45) is 2.03. The van der Waals surface area contributed by atoms with Gasteiger partial charge in [-0.2, -0.15) is 0 Å². The molecule has 0 bridgehead atoms. The molecule has 0 fully saturated rings. The molecule has 1 atom stereocenters. The molecule has 0 spiro atoms. The lowest BCUT2D eigenvalue weighted by molar-refractivity contribution is 0.386. The van der Waals surface area contributed by atoms with Crippen molar-refractivity contribution < 1.29 is 9.13 Å². The molecule has 0 aromatic heterocycles. The molecule has 0 aliphatic rings. The molecule has 1 unspecified atom stereocenters. The Balaban J connectivity index is 2.38. The summed E-state index contributed by atoms with van der Waals surface area (Å²) in [6.45, 7) is 0. The SMILES string of the molecule is COc1ccc(C(Br)c2ccccc2SC)cc1F. The van der Waals surface area contributed by atoms with Gasteiger partial charge in [0.05, 0.1) is 11.9 Å². The first kappa shape index (κ1) is 14.4. The fourth-order valence-corrected chi connectivity index (χ4v) is 3.37. The lowest BCUT2D eigenvalue weighted by Gasteiger charge is -2.15. The summed E-state index contributed by atoms with van der Waals surface area (Å²) in [7, 11) is 1.47. The molecule has 0 saturated carbocycles.